The molecule has 0 saturated heterocycles. The van der Waals surface area contributed by atoms with Crippen LogP contribution < -0.4 is 5.32 Å². The number of hydrogen-bond acceptors (Lipinski definition) is 2. The van der Waals surface area contributed by atoms with Crippen LogP contribution in [0.5, 0.6) is 0 Å². The Bertz CT molecular complexity index is 696. The minimum absolute atomic E-state index is 0.0315. The van der Waals surface area contributed by atoms with Gasteiger partial charge in [-0.15, -0.1) is 0 Å². The fraction of sp³-hybridized carbons (Fsp3) is 0.231. The molecule has 4 nitrogen and oxygen atoms in total. The normalized spacial score (nSPS) is 11.5. The monoisotopic (exact) mass is 351 g/mol. The predicted molar refractivity (Wildman–Crippen MR) is 76.5 cm³/mol. The summed E-state index contributed by atoms with van der Waals surface area (Å²) in [5, 5.41) is 2.49. The van der Waals surface area contributed by atoms with Gasteiger partial charge in [-0.3, -0.25) is 9.36 Å². The summed E-state index contributed by atoms with van der Waals surface area (Å²) in [6.07, 6.45) is -4.70. The molecule has 2 rings (SSSR count). The summed E-state index contributed by atoms with van der Waals surface area (Å²) in [6, 6.07) is 6.07. The van der Waals surface area contributed by atoms with E-state index in [-0.39, 0.29) is 10.8 Å². The van der Waals surface area contributed by atoms with Crippen LogP contribution in [0.1, 0.15) is 12.7 Å². The van der Waals surface area contributed by atoms with Gasteiger partial charge in [0.15, 0.2) is 0 Å². The van der Waals surface area contributed by atoms with Crippen LogP contribution in [0, 0.1) is 0 Å². The van der Waals surface area contributed by atoms with E-state index < -0.39 is 24.6 Å². The fourth-order valence-electron chi connectivity index (χ4n) is 1.78. The van der Waals surface area contributed by atoms with Gasteiger partial charge in [0.1, 0.15) is 10.8 Å². The number of alkyl halides is 3. The number of amides is 1. The van der Waals surface area contributed by atoms with Crippen molar-refractivity contribution in [3.8, 4) is 11.3 Å². The van der Waals surface area contributed by atoms with Crippen molar-refractivity contribution in [2.75, 3.05) is 0 Å². The molecular weight excluding hydrogens is 342 g/mol. The van der Waals surface area contributed by atoms with Crippen LogP contribution in [-0.2, 0) is 17.6 Å². The molecule has 22 heavy (non-hydrogen) atoms. The maximum atomic E-state index is 13.1. The molecule has 0 unspecified atom stereocenters. The molecule has 2 aromatic rings. The van der Waals surface area contributed by atoms with Crippen LogP contribution in [0.3, 0.4) is 0 Å². The highest BCUT2D eigenvalue weighted by molar-refractivity contribution is 6.32. The van der Waals surface area contributed by atoms with Crippen molar-refractivity contribution in [3.63, 3.8) is 0 Å². The smallest absolute Gasteiger partial charge is 0.338 e. The third-order valence-corrected chi connectivity index (χ3v) is 3.40. The van der Waals surface area contributed by atoms with Crippen LogP contribution in [0.4, 0.5) is 13.2 Å². The molecule has 0 saturated carbocycles. The van der Waals surface area contributed by atoms with E-state index in [2.05, 4.69) is 10.3 Å². The Labute approximate surface area is 133 Å². The molecule has 1 aromatic carbocycles. The molecule has 0 spiro atoms. The van der Waals surface area contributed by atoms with Gasteiger partial charge in [0.2, 0.25) is 11.7 Å². The molecule has 1 heterocycles. The molecular formula is C13H10Cl2F3N3O. The molecule has 0 bridgehead atoms. The lowest BCUT2D eigenvalue weighted by atomic mass is 10.2. The van der Waals surface area contributed by atoms with Crippen molar-refractivity contribution in [1.82, 2.24) is 14.9 Å². The van der Waals surface area contributed by atoms with Crippen molar-refractivity contribution in [2.45, 2.75) is 19.8 Å². The van der Waals surface area contributed by atoms with Crippen LogP contribution in [0.2, 0.25) is 10.2 Å². The molecule has 118 valence electrons. The second kappa shape index (κ2) is 6.18. The van der Waals surface area contributed by atoms with Gasteiger partial charge in [-0.25, -0.2) is 4.98 Å². The number of benzene rings is 1. The molecule has 0 aliphatic carbocycles. The second-order valence-corrected chi connectivity index (χ2v) is 5.19. The summed E-state index contributed by atoms with van der Waals surface area (Å²) >= 11 is 11.8. The Hall–Kier alpha value is -1.73. The van der Waals surface area contributed by atoms with E-state index in [9.17, 15) is 18.0 Å². The Morgan fingerprint density at radius 2 is 1.86 bits per heavy atom. The zero-order valence-corrected chi connectivity index (χ0v) is 12.7. The van der Waals surface area contributed by atoms with E-state index in [1.807, 2.05) is 0 Å². The number of carbonyl (C=O) groups excluding carboxylic acids is 1. The number of halogens is 5. The van der Waals surface area contributed by atoms with E-state index >= 15 is 0 Å². The number of imidazole rings is 1. The molecule has 0 aliphatic rings. The van der Waals surface area contributed by atoms with Gasteiger partial charge in [0, 0.05) is 17.5 Å². The standard InChI is InChI=1S/C13H10Cl2F3N3O/c1-7(22)19-6-21-11(15)10(20-12(21)13(16,17)18)8-2-4-9(14)5-3-8/h2-5H,6H2,1H3,(H,19,22). The lowest BCUT2D eigenvalue weighted by Crippen LogP contribution is -2.26. The lowest BCUT2D eigenvalue weighted by Gasteiger charge is -2.11. The van der Waals surface area contributed by atoms with Crippen molar-refractivity contribution in [1.29, 1.82) is 0 Å². The maximum absolute atomic E-state index is 13.1. The topological polar surface area (TPSA) is 46.9 Å². The van der Waals surface area contributed by atoms with Gasteiger partial charge in [-0.2, -0.15) is 13.2 Å². The largest absolute Gasteiger partial charge is 0.449 e. The first kappa shape index (κ1) is 16.6. The van der Waals surface area contributed by atoms with E-state index in [1.54, 1.807) is 0 Å². The van der Waals surface area contributed by atoms with Crippen molar-refractivity contribution >= 4 is 29.1 Å². The van der Waals surface area contributed by atoms with E-state index in [4.69, 9.17) is 23.2 Å². The van der Waals surface area contributed by atoms with Crippen LogP contribution in [0.15, 0.2) is 24.3 Å². The molecule has 1 N–H and O–H groups in total. The summed E-state index contributed by atoms with van der Waals surface area (Å²) in [5.41, 5.74) is 0.359. The Morgan fingerprint density at radius 3 is 2.36 bits per heavy atom. The van der Waals surface area contributed by atoms with Gasteiger partial charge in [0.05, 0.1) is 6.67 Å². The van der Waals surface area contributed by atoms with Crippen LogP contribution in [-0.4, -0.2) is 15.5 Å². The zero-order valence-electron chi connectivity index (χ0n) is 11.2. The van der Waals surface area contributed by atoms with Gasteiger partial charge in [0.25, 0.3) is 0 Å². The van der Waals surface area contributed by atoms with Crippen molar-refractivity contribution in [2.24, 2.45) is 0 Å². The van der Waals surface area contributed by atoms with Crippen LogP contribution >= 0.6 is 23.2 Å². The van der Waals surface area contributed by atoms with E-state index in [0.29, 0.717) is 15.2 Å². The Kier molecular flexibility index (Phi) is 4.67. The van der Waals surface area contributed by atoms with Crippen molar-refractivity contribution in [3.05, 3.63) is 40.3 Å². The number of nitrogens with one attached hydrogen (secondary N) is 1. The highest BCUT2D eigenvalue weighted by Crippen LogP contribution is 2.36. The number of nitrogens with zero attached hydrogens (tertiary/aromatic N) is 2. The molecule has 0 atom stereocenters. The maximum Gasteiger partial charge on any atom is 0.449 e. The number of aromatic nitrogens is 2. The molecule has 9 heteroatoms. The average molecular weight is 352 g/mol. The van der Waals surface area contributed by atoms with Gasteiger partial charge >= 0.3 is 6.18 Å². The van der Waals surface area contributed by atoms with Gasteiger partial charge in [-0.1, -0.05) is 35.3 Å². The predicted octanol–water partition coefficient (Wildman–Crippen LogP) is 3.97. The first-order valence-electron chi connectivity index (χ1n) is 6.03. The summed E-state index contributed by atoms with van der Waals surface area (Å²) in [5.74, 6) is -1.66. The first-order chi connectivity index (χ1) is 10.2. The molecule has 1 aromatic heterocycles. The summed E-state index contributed by atoms with van der Waals surface area (Å²) in [4.78, 5) is 14.5. The number of carbonyl (C=O) groups is 1. The quantitative estimate of drug-likeness (QED) is 0.909. The Balaban J connectivity index is 2.52. The van der Waals surface area contributed by atoms with E-state index in [0.717, 1.165) is 0 Å². The summed E-state index contributed by atoms with van der Waals surface area (Å²) in [6.45, 7) is 0.766. The van der Waals surface area contributed by atoms with Crippen LogP contribution in [0.25, 0.3) is 11.3 Å². The molecule has 0 aliphatic heterocycles. The Morgan fingerprint density at radius 1 is 1.27 bits per heavy atom. The fourth-order valence-corrected chi connectivity index (χ4v) is 2.19. The minimum atomic E-state index is -4.70. The highest BCUT2D eigenvalue weighted by Gasteiger charge is 2.39. The molecule has 1 amide bonds. The zero-order chi connectivity index (χ0) is 16.5. The first-order valence-corrected chi connectivity index (χ1v) is 6.79. The average Bonchev–Trinajstić information content (AvgIpc) is 2.74. The van der Waals surface area contributed by atoms with Crippen molar-refractivity contribution < 1.29 is 18.0 Å². The SMILES string of the molecule is CC(=O)NCn1c(C(F)(F)F)nc(-c2ccc(Cl)cc2)c1Cl. The van der Waals surface area contributed by atoms with Gasteiger partial charge < -0.3 is 5.32 Å². The third-order valence-electron chi connectivity index (χ3n) is 2.76. The van der Waals surface area contributed by atoms with E-state index in [1.165, 1.54) is 31.2 Å². The minimum Gasteiger partial charge on any atom is -0.338 e. The second-order valence-electron chi connectivity index (χ2n) is 4.40. The molecule has 0 radical (unpaired) electrons. The molecule has 0 fully saturated rings. The number of hydrogen-bond donors (Lipinski definition) is 1. The van der Waals surface area contributed by atoms with Gasteiger partial charge in [-0.05, 0) is 12.1 Å². The third kappa shape index (κ3) is 3.53. The summed E-state index contributed by atoms with van der Waals surface area (Å²) in [7, 11) is 0. The summed E-state index contributed by atoms with van der Waals surface area (Å²) < 4.78 is 39.9. The highest BCUT2D eigenvalue weighted by atomic mass is 35.5. The lowest BCUT2D eigenvalue weighted by molar-refractivity contribution is -0.147. The number of rotatable bonds is 3.